The van der Waals surface area contributed by atoms with Crippen molar-refractivity contribution in [2.24, 2.45) is 11.7 Å². The Bertz CT molecular complexity index is 362. The van der Waals surface area contributed by atoms with E-state index < -0.39 is 0 Å². The molecule has 2 unspecified atom stereocenters. The maximum Gasteiger partial charge on any atom is 0.0361 e. The van der Waals surface area contributed by atoms with Gasteiger partial charge in [-0.25, -0.2) is 0 Å². The van der Waals surface area contributed by atoms with Gasteiger partial charge in [-0.15, -0.1) is 0 Å². The van der Waals surface area contributed by atoms with Gasteiger partial charge in [0, 0.05) is 6.04 Å². The Kier molecular flexibility index (Phi) is 2.51. The third kappa shape index (κ3) is 1.64. The minimum Gasteiger partial charge on any atom is -0.323 e. The fraction of sp³-hybridized carbons (Fsp3) is 0.231. The average molecular weight is 185 g/mol. The molecule has 0 fully saturated rings. The summed E-state index contributed by atoms with van der Waals surface area (Å²) < 4.78 is 0. The molecule has 1 aliphatic carbocycles. The third-order valence-electron chi connectivity index (χ3n) is 2.72. The molecule has 0 spiro atoms. The van der Waals surface area contributed by atoms with Gasteiger partial charge < -0.3 is 5.73 Å². The molecule has 2 rings (SSSR count). The van der Waals surface area contributed by atoms with Gasteiger partial charge in [-0.1, -0.05) is 55.5 Å². The standard InChI is InChI=1S/C13H15N/c1-10-6-5-9-12(13(10)14)11-7-3-2-4-8-11/h2-10,13H,14H2,1H3. The van der Waals surface area contributed by atoms with E-state index in [1.807, 2.05) is 18.2 Å². The number of benzene rings is 1. The van der Waals surface area contributed by atoms with Crippen molar-refractivity contribution in [1.29, 1.82) is 0 Å². The van der Waals surface area contributed by atoms with E-state index in [0.717, 1.165) is 0 Å². The quantitative estimate of drug-likeness (QED) is 0.715. The molecule has 2 N–H and O–H groups in total. The third-order valence-corrected chi connectivity index (χ3v) is 2.72. The average Bonchev–Trinajstić information content (AvgIpc) is 2.23. The molecule has 1 heteroatoms. The molecule has 1 aromatic rings. The molecule has 14 heavy (non-hydrogen) atoms. The maximum absolute atomic E-state index is 6.13. The molecule has 0 saturated heterocycles. The van der Waals surface area contributed by atoms with Gasteiger partial charge in [0.1, 0.15) is 0 Å². The summed E-state index contributed by atoms with van der Waals surface area (Å²) in [6.45, 7) is 2.15. The molecule has 2 atom stereocenters. The van der Waals surface area contributed by atoms with Crippen LogP contribution in [0.2, 0.25) is 0 Å². The first-order valence-corrected chi connectivity index (χ1v) is 4.98. The van der Waals surface area contributed by atoms with Crippen LogP contribution in [0, 0.1) is 5.92 Å². The summed E-state index contributed by atoms with van der Waals surface area (Å²) in [5.74, 6) is 0.426. The first-order chi connectivity index (χ1) is 6.79. The van der Waals surface area contributed by atoms with Crippen molar-refractivity contribution in [2.45, 2.75) is 13.0 Å². The van der Waals surface area contributed by atoms with Crippen molar-refractivity contribution in [3.63, 3.8) is 0 Å². The van der Waals surface area contributed by atoms with Gasteiger partial charge in [-0.05, 0) is 17.1 Å². The normalized spacial score (nSPS) is 26.0. The Morgan fingerprint density at radius 2 is 1.86 bits per heavy atom. The van der Waals surface area contributed by atoms with Crippen molar-refractivity contribution in [3.05, 3.63) is 54.1 Å². The lowest BCUT2D eigenvalue weighted by atomic mass is 9.87. The minimum absolute atomic E-state index is 0.127. The highest BCUT2D eigenvalue weighted by molar-refractivity contribution is 5.72. The molecule has 0 aromatic heterocycles. The van der Waals surface area contributed by atoms with Gasteiger partial charge in [0.25, 0.3) is 0 Å². The Morgan fingerprint density at radius 1 is 1.14 bits per heavy atom. The number of hydrogen-bond donors (Lipinski definition) is 1. The highest BCUT2D eigenvalue weighted by Gasteiger charge is 2.18. The van der Waals surface area contributed by atoms with E-state index in [9.17, 15) is 0 Å². The maximum atomic E-state index is 6.13. The van der Waals surface area contributed by atoms with Gasteiger partial charge in [0.05, 0.1) is 0 Å². The molecule has 0 radical (unpaired) electrons. The van der Waals surface area contributed by atoms with Crippen LogP contribution < -0.4 is 5.73 Å². The van der Waals surface area contributed by atoms with Gasteiger partial charge in [0.15, 0.2) is 0 Å². The van der Waals surface area contributed by atoms with Crippen molar-refractivity contribution >= 4 is 5.57 Å². The largest absolute Gasteiger partial charge is 0.323 e. The zero-order chi connectivity index (χ0) is 9.97. The monoisotopic (exact) mass is 185 g/mol. The smallest absolute Gasteiger partial charge is 0.0361 e. The summed E-state index contributed by atoms with van der Waals surface area (Å²) in [6.07, 6.45) is 6.35. The Labute approximate surface area is 84.9 Å². The minimum atomic E-state index is 0.127. The lowest BCUT2D eigenvalue weighted by Crippen LogP contribution is -2.29. The highest BCUT2D eigenvalue weighted by Crippen LogP contribution is 2.25. The Morgan fingerprint density at radius 3 is 2.57 bits per heavy atom. The first kappa shape index (κ1) is 9.22. The van der Waals surface area contributed by atoms with Crippen molar-refractivity contribution < 1.29 is 0 Å². The number of rotatable bonds is 1. The van der Waals surface area contributed by atoms with Gasteiger partial charge in [-0.3, -0.25) is 0 Å². The van der Waals surface area contributed by atoms with E-state index in [0.29, 0.717) is 5.92 Å². The van der Waals surface area contributed by atoms with Gasteiger partial charge in [-0.2, -0.15) is 0 Å². The van der Waals surface area contributed by atoms with E-state index in [-0.39, 0.29) is 6.04 Å². The van der Waals surface area contributed by atoms with Crippen LogP contribution in [0.5, 0.6) is 0 Å². The Hall–Kier alpha value is -1.34. The second-order valence-electron chi connectivity index (χ2n) is 3.76. The lowest BCUT2D eigenvalue weighted by molar-refractivity contribution is 0.639. The molecule has 1 aliphatic rings. The Balaban J connectivity index is 2.35. The molecular weight excluding hydrogens is 170 g/mol. The van der Waals surface area contributed by atoms with Crippen molar-refractivity contribution in [2.75, 3.05) is 0 Å². The van der Waals surface area contributed by atoms with Crippen molar-refractivity contribution in [3.8, 4) is 0 Å². The summed E-state index contributed by atoms with van der Waals surface area (Å²) in [7, 11) is 0. The fourth-order valence-corrected chi connectivity index (χ4v) is 1.77. The molecule has 0 amide bonds. The predicted molar refractivity (Wildman–Crippen MR) is 60.7 cm³/mol. The topological polar surface area (TPSA) is 26.0 Å². The number of allylic oxidation sites excluding steroid dienone is 2. The van der Waals surface area contributed by atoms with E-state index in [4.69, 9.17) is 5.73 Å². The van der Waals surface area contributed by atoms with E-state index in [1.165, 1.54) is 11.1 Å². The molecule has 1 aromatic carbocycles. The summed E-state index contributed by atoms with van der Waals surface area (Å²) in [6, 6.07) is 10.5. The van der Waals surface area contributed by atoms with Crippen LogP contribution in [-0.4, -0.2) is 6.04 Å². The van der Waals surface area contributed by atoms with E-state index in [2.05, 4.69) is 37.3 Å². The van der Waals surface area contributed by atoms with Crippen LogP contribution >= 0.6 is 0 Å². The zero-order valence-electron chi connectivity index (χ0n) is 8.35. The van der Waals surface area contributed by atoms with Crippen LogP contribution in [0.4, 0.5) is 0 Å². The number of hydrogen-bond acceptors (Lipinski definition) is 1. The van der Waals surface area contributed by atoms with Crippen LogP contribution in [0.15, 0.2) is 48.6 Å². The van der Waals surface area contributed by atoms with Gasteiger partial charge in [0.2, 0.25) is 0 Å². The van der Waals surface area contributed by atoms with E-state index in [1.54, 1.807) is 0 Å². The van der Waals surface area contributed by atoms with Crippen LogP contribution in [0.3, 0.4) is 0 Å². The van der Waals surface area contributed by atoms with Crippen LogP contribution in [0.25, 0.3) is 5.57 Å². The summed E-state index contributed by atoms with van der Waals surface area (Å²) in [5, 5.41) is 0. The predicted octanol–water partition coefficient (Wildman–Crippen LogP) is 2.60. The molecule has 0 bridgehead atoms. The molecular formula is C13H15N. The second kappa shape index (κ2) is 3.81. The van der Waals surface area contributed by atoms with Crippen LogP contribution in [-0.2, 0) is 0 Å². The number of nitrogens with two attached hydrogens (primary N) is 1. The lowest BCUT2D eigenvalue weighted by Gasteiger charge is -2.23. The van der Waals surface area contributed by atoms with Crippen molar-refractivity contribution in [1.82, 2.24) is 0 Å². The summed E-state index contributed by atoms with van der Waals surface area (Å²) >= 11 is 0. The second-order valence-corrected chi connectivity index (χ2v) is 3.76. The summed E-state index contributed by atoms with van der Waals surface area (Å²) in [4.78, 5) is 0. The molecule has 0 saturated carbocycles. The van der Waals surface area contributed by atoms with E-state index >= 15 is 0 Å². The van der Waals surface area contributed by atoms with Gasteiger partial charge >= 0.3 is 0 Å². The molecule has 0 aliphatic heterocycles. The fourth-order valence-electron chi connectivity index (χ4n) is 1.77. The highest BCUT2D eigenvalue weighted by atomic mass is 14.7. The van der Waals surface area contributed by atoms with Crippen LogP contribution in [0.1, 0.15) is 12.5 Å². The molecule has 72 valence electrons. The SMILES string of the molecule is CC1C=CC=C(c2ccccc2)C1N. The summed E-state index contributed by atoms with van der Waals surface area (Å²) in [5.41, 5.74) is 8.60. The molecule has 0 heterocycles. The first-order valence-electron chi connectivity index (χ1n) is 4.98. The zero-order valence-corrected chi connectivity index (χ0v) is 8.35. The molecule has 1 nitrogen and oxygen atoms in total.